The number of anilines is 2. The number of rotatable bonds is 5. The number of carbonyl (C=O) groups excluding carboxylic acids is 1. The van der Waals surface area contributed by atoms with Crippen molar-refractivity contribution in [3.05, 3.63) is 64.9 Å². The van der Waals surface area contributed by atoms with Crippen LogP contribution in [0.5, 0.6) is 0 Å². The first-order valence-corrected chi connectivity index (χ1v) is 6.91. The van der Waals surface area contributed by atoms with Gasteiger partial charge in [-0.2, -0.15) is 0 Å². The van der Waals surface area contributed by atoms with E-state index in [1.807, 2.05) is 0 Å². The third-order valence-corrected chi connectivity index (χ3v) is 3.00. The molecule has 0 fully saturated rings. The lowest BCUT2D eigenvalue weighted by molar-refractivity contribution is 0.0957. The third kappa shape index (κ3) is 4.48. The van der Waals surface area contributed by atoms with E-state index in [2.05, 4.69) is 22.2 Å². The second-order valence-electron chi connectivity index (χ2n) is 4.24. The molecule has 0 radical (unpaired) electrons. The van der Waals surface area contributed by atoms with Crippen molar-refractivity contribution in [2.24, 2.45) is 0 Å². The molecule has 6 heteroatoms. The van der Waals surface area contributed by atoms with Crippen LogP contribution in [-0.2, 0) is 0 Å². The Morgan fingerprint density at radius 1 is 1.14 bits per heavy atom. The van der Waals surface area contributed by atoms with Gasteiger partial charge in [-0.25, -0.2) is 0 Å². The fraction of sp³-hybridized carbons (Fsp3) is 0.0667. The summed E-state index contributed by atoms with van der Waals surface area (Å²) in [5.74, 6) is -0.213. The first-order valence-electron chi connectivity index (χ1n) is 6.16. The van der Waals surface area contributed by atoms with Gasteiger partial charge in [0.25, 0.3) is 5.91 Å². The summed E-state index contributed by atoms with van der Waals surface area (Å²) in [5, 5.41) is 6.85. The smallest absolute Gasteiger partial charge is 0.253 e. The molecular formula is C15H13Cl2N3O. The number of benzene rings is 1. The quantitative estimate of drug-likeness (QED) is 0.817. The van der Waals surface area contributed by atoms with Gasteiger partial charge in [-0.05, 0) is 24.3 Å². The molecule has 21 heavy (non-hydrogen) atoms. The van der Waals surface area contributed by atoms with E-state index in [1.165, 1.54) is 6.20 Å². The monoisotopic (exact) mass is 321 g/mol. The summed E-state index contributed by atoms with van der Waals surface area (Å²) in [5.41, 5.74) is 1.84. The molecule has 0 unspecified atom stereocenters. The van der Waals surface area contributed by atoms with E-state index in [-0.39, 0.29) is 5.91 Å². The van der Waals surface area contributed by atoms with E-state index in [0.717, 1.165) is 5.69 Å². The van der Waals surface area contributed by atoms with E-state index in [0.29, 0.717) is 27.8 Å². The summed E-state index contributed by atoms with van der Waals surface area (Å²) < 4.78 is 0. The van der Waals surface area contributed by atoms with Gasteiger partial charge in [0.2, 0.25) is 0 Å². The van der Waals surface area contributed by atoms with Crippen LogP contribution < -0.4 is 10.6 Å². The number of nitrogens with one attached hydrogen (secondary N) is 2. The molecule has 0 aliphatic carbocycles. The minimum absolute atomic E-state index is 0.213. The molecule has 0 saturated carbocycles. The van der Waals surface area contributed by atoms with Crippen LogP contribution >= 0.6 is 23.2 Å². The SMILES string of the molecule is C=CCNC(=O)c1cncc(Nc2cc(Cl)cc(Cl)c2)c1. The molecule has 1 aromatic heterocycles. The molecule has 0 aliphatic rings. The zero-order valence-electron chi connectivity index (χ0n) is 11.1. The summed E-state index contributed by atoms with van der Waals surface area (Å²) in [6.45, 7) is 3.95. The van der Waals surface area contributed by atoms with Crippen molar-refractivity contribution in [2.75, 3.05) is 11.9 Å². The topological polar surface area (TPSA) is 54.0 Å². The molecule has 0 atom stereocenters. The van der Waals surface area contributed by atoms with Crippen LogP contribution in [0.2, 0.25) is 10.0 Å². The van der Waals surface area contributed by atoms with E-state index in [4.69, 9.17) is 23.2 Å². The minimum Gasteiger partial charge on any atom is -0.354 e. The first kappa shape index (κ1) is 15.4. The second kappa shape index (κ2) is 7.11. The molecule has 0 saturated heterocycles. The zero-order chi connectivity index (χ0) is 15.2. The largest absolute Gasteiger partial charge is 0.354 e. The van der Waals surface area contributed by atoms with Crippen molar-refractivity contribution in [2.45, 2.75) is 0 Å². The van der Waals surface area contributed by atoms with Crippen molar-refractivity contribution in [1.82, 2.24) is 10.3 Å². The van der Waals surface area contributed by atoms with Gasteiger partial charge in [-0.1, -0.05) is 29.3 Å². The molecule has 108 valence electrons. The maximum absolute atomic E-state index is 11.8. The summed E-state index contributed by atoms with van der Waals surface area (Å²) in [7, 11) is 0. The Morgan fingerprint density at radius 2 is 1.86 bits per heavy atom. The van der Waals surface area contributed by atoms with Crippen LogP contribution in [0.15, 0.2) is 49.3 Å². The predicted molar refractivity (Wildman–Crippen MR) is 86.5 cm³/mol. The van der Waals surface area contributed by atoms with Crippen LogP contribution in [0.3, 0.4) is 0 Å². The molecule has 2 rings (SSSR count). The summed E-state index contributed by atoms with van der Waals surface area (Å²) in [6.07, 6.45) is 4.72. The molecule has 1 amide bonds. The Morgan fingerprint density at radius 3 is 2.52 bits per heavy atom. The molecule has 4 nitrogen and oxygen atoms in total. The maximum Gasteiger partial charge on any atom is 0.253 e. The van der Waals surface area contributed by atoms with Crippen molar-refractivity contribution in [3.8, 4) is 0 Å². The van der Waals surface area contributed by atoms with Gasteiger partial charge >= 0.3 is 0 Å². The lowest BCUT2D eigenvalue weighted by atomic mass is 10.2. The Labute approximate surface area is 132 Å². The minimum atomic E-state index is -0.213. The van der Waals surface area contributed by atoms with Crippen molar-refractivity contribution < 1.29 is 4.79 Å². The van der Waals surface area contributed by atoms with Crippen LogP contribution in [0.4, 0.5) is 11.4 Å². The van der Waals surface area contributed by atoms with Gasteiger partial charge in [-0.3, -0.25) is 9.78 Å². The molecule has 2 N–H and O–H groups in total. The van der Waals surface area contributed by atoms with Gasteiger partial charge in [0.15, 0.2) is 0 Å². The number of halogens is 2. The number of hydrogen-bond donors (Lipinski definition) is 2. The van der Waals surface area contributed by atoms with E-state index >= 15 is 0 Å². The van der Waals surface area contributed by atoms with Crippen LogP contribution in [-0.4, -0.2) is 17.4 Å². The number of carbonyl (C=O) groups is 1. The normalized spacial score (nSPS) is 10.0. The van der Waals surface area contributed by atoms with E-state index in [9.17, 15) is 4.79 Å². The first-order chi connectivity index (χ1) is 10.1. The highest BCUT2D eigenvalue weighted by Gasteiger charge is 2.06. The van der Waals surface area contributed by atoms with Crippen LogP contribution in [0.1, 0.15) is 10.4 Å². The summed E-state index contributed by atoms with van der Waals surface area (Å²) in [4.78, 5) is 15.9. The van der Waals surface area contributed by atoms with Gasteiger partial charge in [0, 0.05) is 28.5 Å². The Balaban J connectivity index is 2.17. The van der Waals surface area contributed by atoms with Gasteiger partial charge < -0.3 is 10.6 Å². The van der Waals surface area contributed by atoms with Crippen molar-refractivity contribution >= 4 is 40.5 Å². The Kier molecular flexibility index (Phi) is 5.20. The van der Waals surface area contributed by atoms with Crippen molar-refractivity contribution in [3.63, 3.8) is 0 Å². The predicted octanol–water partition coefficient (Wildman–Crippen LogP) is 4.05. The Bertz CT molecular complexity index is 653. The number of hydrogen-bond acceptors (Lipinski definition) is 3. The third-order valence-electron chi connectivity index (χ3n) is 2.56. The molecule has 0 spiro atoms. The lowest BCUT2D eigenvalue weighted by Crippen LogP contribution is -2.23. The molecule has 1 aromatic carbocycles. The van der Waals surface area contributed by atoms with Crippen molar-refractivity contribution in [1.29, 1.82) is 0 Å². The maximum atomic E-state index is 11.8. The molecule has 0 aliphatic heterocycles. The van der Waals surface area contributed by atoms with E-state index < -0.39 is 0 Å². The molecule has 0 bridgehead atoms. The summed E-state index contributed by atoms with van der Waals surface area (Å²) in [6, 6.07) is 6.81. The lowest BCUT2D eigenvalue weighted by Gasteiger charge is -2.09. The molecule has 1 heterocycles. The molecule has 2 aromatic rings. The number of amides is 1. The highest BCUT2D eigenvalue weighted by molar-refractivity contribution is 6.35. The van der Waals surface area contributed by atoms with Crippen LogP contribution in [0, 0.1) is 0 Å². The standard InChI is InChI=1S/C15H13Cl2N3O/c1-2-3-19-15(21)10-4-14(9-18-8-10)20-13-6-11(16)5-12(17)7-13/h2,4-9,20H,1,3H2,(H,19,21). The van der Waals surface area contributed by atoms with Gasteiger partial charge in [-0.15, -0.1) is 6.58 Å². The van der Waals surface area contributed by atoms with Crippen LogP contribution in [0.25, 0.3) is 0 Å². The summed E-state index contributed by atoms with van der Waals surface area (Å²) >= 11 is 11.9. The molecular weight excluding hydrogens is 309 g/mol. The average molecular weight is 322 g/mol. The fourth-order valence-corrected chi connectivity index (χ4v) is 2.22. The van der Waals surface area contributed by atoms with E-state index in [1.54, 1.807) is 36.5 Å². The van der Waals surface area contributed by atoms with Gasteiger partial charge in [0.05, 0.1) is 17.4 Å². The highest BCUT2D eigenvalue weighted by atomic mass is 35.5. The Hall–Kier alpha value is -2.04. The fourth-order valence-electron chi connectivity index (χ4n) is 1.69. The second-order valence-corrected chi connectivity index (χ2v) is 5.12. The number of pyridine rings is 1. The number of nitrogens with zero attached hydrogens (tertiary/aromatic N) is 1. The van der Waals surface area contributed by atoms with Gasteiger partial charge in [0.1, 0.15) is 0 Å². The highest BCUT2D eigenvalue weighted by Crippen LogP contribution is 2.25. The average Bonchev–Trinajstić information content (AvgIpc) is 2.44. The number of aromatic nitrogens is 1. The zero-order valence-corrected chi connectivity index (χ0v) is 12.6.